The summed E-state index contributed by atoms with van der Waals surface area (Å²) in [6.45, 7) is 2.17. The first-order chi connectivity index (χ1) is 10.1. The normalized spacial score (nSPS) is 16.4. The van der Waals surface area contributed by atoms with Gasteiger partial charge in [-0.3, -0.25) is 4.79 Å². The summed E-state index contributed by atoms with van der Waals surface area (Å²) in [5, 5.41) is 2.81. The Morgan fingerprint density at radius 1 is 1.14 bits per heavy atom. The molecule has 0 saturated heterocycles. The van der Waals surface area contributed by atoms with Crippen LogP contribution in [0.15, 0.2) is 48.5 Å². The topological polar surface area (TPSA) is 64.3 Å². The van der Waals surface area contributed by atoms with Crippen molar-refractivity contribution < 1.29 is 9.53 Å². The SMILES string of the molecule is CC(c1ccccc1)C(N)c1ccc2c(c1)NC(=O)CO2. The summed E-state index contributed by atoms with van der Waals surface area (Å²) in [5.41, 5.74) is 9.26. The van der Waals surface area contributed by atoms with Crippen LogP contribution in [0.25, 0.3) is 0 Å². The van der Waals surface area contributed by atoms with Crippen molar-refractivity contribution in [3.8, 4) is 5.75 Å². The van der Waals surface area contributed by atoms with E-state index in [1.807, 2.05) is 36.4 Å². The van der Waals surface area contributed by atoms with Crippen molar-refractivity contribution in [2.24, 2.45) is 5.73 Å². The number of carbonyl (C=O) groups excluding carboxylic acids is 1. The lowest BCUT2D eigenvalue weighted by Gasteiger charge is -2.24. The van der Waals surface area contributed by atoms with E-state index in [0.717, 1.165) is 5.56 Å². The van der Waals surface area contributed by atoms with Crippen LogP contribution in [0.4, 0.5) is 5.69 Å². The average Bonchev–Trinajstić information content (AvgIpc) is 2.53. The minimum Gasteiger partial charge on any atom is -0.482 e. The highest BCUT2D eigenvalue weighted by Gasteiger charge is 2.21. The molecular formula is C17H18N2O2. The van der Waals surface area contributed by atoms with Crippen LogP contribution in [0.3, 0.4) is 0 Å². The van der Waals surface area contributed by atoms with E-state index in [1.54, 1.807) is 0 Å². The van der Waals surface area contributed by atoms with Crippen molar-refractivity contribution in [3.05, 3.63) is 59.7 Å². The van der Waals surface area contributed by atoms with Crippen LogP contribution in [0.2, 0.25) is 0 Å². The fourth-order valence-electron chi connectivity index (χ4n) is 2.56. The molecule has 4 heteroatoms. The van der Waals surface area contributed by atoms with Gasteiger partial charge >= 0.3 is 0 Å². The van der Waals surface area contributed by atoms with E-state index >= 15 is 0 Å². The zero-order valence-corrected chi connectivity index (χ0v) is 11.9. The van der Waals surface area contributed by atoms with Gasteiger partial charge in [0.2, 0.25) is 0 Å². The smallest absolute Gasteiger partial charge is 0.262 e. The molecule has 1 amide bonds. The van der Waals surface area contributed by atoms with Gasteiger partial charge in [-0.25, -0.2) is 0 Å². The number of hydrogen-bond donors (Lipinski definition) is 2. The Balaban J connectivity index is 1.86. The van der Waals surface area contributed by atoms with Gasteiger partial charge in [-0.15, -0.1) is 0 Å². The molecule has 2 atom stereocenters. The molecule has 0 bridgehead atoms. The van der Waals surface area contributed by atoms with Crippen LogP contribution in [0.5, 0.6) is 5.75 Å². The second-order valence-corrected chi connectivity index (χ2v) is 5.32. The molecular weight excluding hydrogens is 264 g/mol. The molecule has 0 aromatic heterocycles. The number of amides is 1. The van der Waals surface area contributed by atoms with Crippen molar-refractivity contribution in [1.29, 1.82) is 0 Å². The number of nitrogens with two attached hydrogens (primary N) is 1. The molecule has 108 valence electrons. The van der Waals surface area contributed by atoms with E-state index in [9.17, 15) is 4.79 Å². The molecule has 0 saturated carbocycles. The summed E-state index contributed by atoms with van der Waals surface area (Å²) in [6, 6.07) is 15.8. The molecule has 0 aliphatic carbocycles. The largest absolute Gasteiger partial charge is 0.482 e. The number of hydrogen-bond acceptors (Lipinski definition) is 3. The lowest BCUT2D eigenvalue weighted by Crippen LogP contribution is -2.26. The van der Waals surface area contributed by atoms with Gasteiger partial charge in [-0.2, -0.15) is 0 Å². The maximum atomic E-state index is 11.4. The van der Waals surface area contributed by atoms with E-state index in [-0.39, 0.29) is 24.5 Å². The number of carbonyl (C=O) groups is 1. The van der Waals surface area contributed by atoms with Gasteiger partial charge in [0.05, 0.1) is 5.69 Å². The van der Waals surface area contributed by atoms with Crippen LogP contribution >= 0.6 is 0 Å². The fourth-order valence-corrected chi connectivity index (χ4v) is 2.56. The number of rotatable bonds is 3. The van der Waals surface area contributed by atoms with Crippen molar-refractivity contribution in [3.63, 3.8) is 0 Å². The number of fused-ring (bicyclic) bond motifs is 1. The van der Waals surface area contributed by atoms with Gasteiger partial charge in [-0.1, -0.05) is 43.3 Å². The Hall–Kier alpha value is -2.33. The Morgan fingerprint density at radius 2 is 1.90 bits per heavy atom. The molecule has 0 fully saturated rings. The first-order valence-electron chi connectivity index (χ1n) is 7.02. The molecule has 2 unspecified atom stereocenters. The summed E-state index contributed by atoms with van der Waals surface area (Å²) in [4.78, 5) is 11.4. The van der Waals surface area contributed by atoms with Gasteiger partial charge in [0, 0.05) is 12.0 Å². The van der Waals surface area contributed by atoms with E-state index in [2.05, 4.69) is 24.4 Å². The summed E-state index contributed by atoms with van der Waals surface area (Å²) in [7, 11) is 0. The van der Waals surface area contributed by atoms with Gasteiger partial charge in [-0.05, 0) is 23.3 Å². The van der Waals surface area contributed by atoms with E-state index < -0.39 is 0 Å². The zero-order chi connectivity index (χ0) is 14.8. The summed E-state index contributed by atoms with van der Waals surface area (Å²) in [6.07, 6.45) is 0. The lowest BCUT2D eigenvalue weighted by molar-refractivity contribution is -0.118. The standard InChI is InChI=1S/C17H18N2O2/c1-11(12-5-3-2-4-6-12)17(18)13-7-8-15-14(9-13)19-16(20)10-21-15/h2-9,11,17H,10,18H2,1H3,(H,19,20). The first-order valence-corrected chi connectivity index (χ1v) is 7.02. The Kier molecular flexibility index (Phi) is 3.62. The molecule has 3 N–H and O–H groups in total. The Labute approximate surface area is 123 Å². The van der Waals surface area contributed by atoms with Crippen molar-refractivity contribution in [1.82, 2.24) is 0 Å². The molecule has 1 heterocycles. The quantitative estimate of drug-likeness (QED) is 0.909. The van der Waals surface area contributed by atoms with Crippen molar-refractivity contribution in [2.45, 2.75) is 18.9 Å². The maximum absolute atomic E-state index is 11.4. The summed E-state index contributed by atoms with van der Waals surface area (Å²) < 4.78 is 5.36. The van der Waals surface area contributed by atoms with Crippen LogP contribution in [-0.2, 0) is 4.79 Å². The van der Waals surface area contributed by atoms with Gasteiger partial charge in [0.1, 0.15) is 5.75 Å². The summed E-state index contributed by atoms with van der Waals surface area (Å²) >= 11 is 0. The van der Waals surface area contributed by atoms with Crippen LogP contribution < -0.4 is 15.8 Å². The molecule has 4 nitrogen and oxygen atoms in total. The van der Waals surface area contributed by atoms with E-state index in [1.165, 1.54) is 5.56 Å². The van der Waals surface area contributed by atoms with E-state index in [4.69, 9.17) is 10.5 Å². The number of nitrogens with one attached hydrogen (secondary N) is 1. The monoisotopic (exact) mass is 282 g/mol. The highest BCUT2D eigenvalue weighted by Crippen LogP contribution is 2.34. The molecule has 0 spiro atoms. The minimum absolute atomic E-state index is 0.0683. The van der Waals surface area contributed by atoms with Gasteiger partial charge in [0.25, 0.3) is 5.91 Å². The van der Waals surface area contributed by atoms with E-state index in [0.29, 0.717) is 11.4 Å². The average molecular weight is 282 g/mol. The molecule has 21 heavy (non-hydrogen) atoms. The number of benzene rings is 2. The van der Waals surface area contributed by atoms with Gasteiger partial charge < -0.3 is 15.8 Å². The van der Waals surface area contributed by atoms with Gasteiger partial charge in [0.15, 0.2) is 6.61 Å². The molecule has 2 aromatic carbocycles. The lowest BCUT2D eigenvalue weighted by atomic mass is 9.89. The highest BCUT2D eigenvalue weighted by atomic mass is 16.5. The molecule has 1 aliphatic rings. The minimum atomic E-state index is -0.142. The third-order valence-electron chi connectivity index (χ3n) is 3.89. The Morgan fingerprint density at radius 3 is 2.67 bits per heavy atom. The van der Waals surface area contributed by atoms with Crippen molar-refractivity contribution in [2.75, 3.05) is 11.9 Å². The predicted molar refractivity (Wildman–Crippen MR) is 82.4 cm³/mol. The molecule has 0 radical (unpaired) electrons. The third kappa shape index (κ3) is 2.76. The fraction of sp³-hybridized carbons (Fsp3) is 0.235. The second-order valence-electron chi connectivity index (χ2n) is 5.32. The van der Waals surface area contributed by atoms with Crippen LogP contribution in [0, 0.1) is 0 Å². The molecule has 1 aliphatic heterocycles. The maximum Gasteiger partial charge on any atom is 0.262 e. The summed E-state index contributed by atoms with van der Waals surface area (Å²) in [5.74, 6) is 0.742. The number of anilines is 1. The predicted octanol–water partition coefficient (Wildman–Crippen LogP) is 2.82. The third-order valence-corrected chi connectivity index (χ3v) is 3.89. The Bertz CT molecular complexity index is 655. The zero-order valence-electron chi connectivity index (χ0n) is 11.9. The molecule has 2 aromatic rings. The van der Waals surface area contributed by atoms with Crippen molar-refractivity contribution >= 4 is 11.6 Å². The number of ether oxygens (including phenoxy) is 1. The first kappa shape index (κ1) is 13.6. The second kappa shape index (κ2) is 5.58. The van der Waals surface area contributed by atoms with Crippen LogP contribution in [-0.4, -0.2) is 12.5 Å². The highest BCUT2D eigenvalue weighted by molar-refractivity contribution is 5.95. The molecule has 3 rings (SSSR count). The van der Waals surface area contributed by atoms with Crippen LogP contribution in [0.1, 0.15) is 30.0 Å².